The lowest BCUT2D eigenvalue weighted by molar-refractivity contribution is 0.107. The average Bonchev–Trinajstić information content (AvgIpc) is 2.36. The van der Waals surface area contributed by atoms with Gasteiger partial charge in [-0.1, -0.05) is 13.8 Å². The van der Waals surface area contributed by atoms with E-state index in [1.807, 2.05) is 0 Å². The quantitative estimate of drug-likeness (QED) is 0.795. The maximum absolute atomic E-state index is 12.4. The molecular weight excluding hydrogens is 262 g/mol. The zero-order valence-corrected chi connectivity index (χ0v) is 12.3. The van der Waals surface area contributed by atoms with E-state index in [0.717, 1.165) is 43.4 Å². The number of halogens is 1. The predicted molar refractivity (Wildman–Crippen MR) is 77.0 cm³/mol. The van der Waals surface area contributed by atoms with Gasteiger partial charge in [-0.15, -0.1) is 0 Å². The van der Waals surface area contributed by atoms with Crippen LogP contribution in [0.25, 0.3) is 0 Å². The summed E-state index contributed by atoms with van der Waals surface area (Å²) >= 11 is 5.53. The minimum atomic E-state index is -0.642. The molecule has 0 aromatic carbocycles. The minimum absolute atomic E-state index is 0.131. The molecule has 19 heavy (non-hydrogen) atoms. The Morgan fingerprint density at radius 1 is 1.37 bits per heavy atom. The van der Waals surface area contributed by atoms with Crippen LogP contribution in [0, 0.1) is 5.92 Å². The molecule has 0 fully saturated rings. The highest BCUT2D eigenvalue weighted by molar-refractivity contribution is 6.67. The summed E-state index contributed by atoms with van der Waals surface area (Å²) in [4.78, 5) is 23.7. The first kappa shape index (κ1) is 14.3. The molecule has 0 amide bonds. The molecule has 104 valence electrons. The van der Waals surface area contributed by atoms with Crippen LogP contribution in [0.3, 0.4) is 0 Å². The Bertz CT molecular complexity index is 546. The molecular formula is C15H20ClNO2. The third-order valence-corrected chi connectivity index (χ3v) is 3.95. The number of rotatable bonds is 4. The third kappa shape index (κ3) is 3.08. The largest absolute Gasteiger partial charge is 0.312 e. The first-order chi connectivity index (χ1) is 9.00. The van der Waals surface area contributed by atoms with Crippen molar-refractivity contribution < 1.29 is 4.79 Å². The van der Waals surface area contributed by atoms with Crippen molar-refractivity contribution in [1.82, 2.24) is 4.57 Å². The van der Waals surface area contributed by atoms with Crippen molar-refractivity contribution in [1.29, 1.82) is 0 Å². The number of hydrogen-bond donors (Lipinski definition) is 0. The molecule has 1 aliphatic carbocycles. The molecule has 0 radical (unpaired) electrons. The van der Waals surface area contributed by atoms with Crippen LogP contribution in [0.2, 0.25) is 0 Å². The van der Waals surface area contributed by atoms with Crippen molar-refractivity contribution >= 4 is 16.8 Å². The zero-order valence-electron chi connectivity index (χ0n) is 11.5. The van der Waals surface area contributed by atoms with Crippen molar-refractivity contribution in [2.45, 2.75) is 52.5 Å². The van der Waals surface area contributed by atoms with Gasteiger partial charge in [0.15, 0.2) is 0 Å². The molecule has 0 bridgehead atoms. The summed E-state index contributed by atoms with van der Waals surface area (Å²) in [7, 11) is 0. The van der Waals surface area contributed by atoms with E-state index in [9.17, 15) is 9.59 Å². The molecule has 1 heterocycles. The number of fused-ring (bicyclic) bond motifs is 1. The summed E-state index contributed by atoms with van der Waals surface area (Å²) in [6.07, 6.45) is 5.04. The van der Waals surface area contributed by atoms with E-state index in [-0.39, 0.29) is 11.1 Å². The fourth-order valence-corrected chi connectivity index (χ4v) is 2.78. The van der Waals surface area contributed by atoms with Crippen LogP contribution >= 0.6 is 11.6 Å². The highest BCUT2D eigenvalue weighted by Gasteiger charge is 2.20. The van der Waals surface area contributed by atoms with E-state index in [1.165, 1.54) is 0 Å². The Morgan fingerprint density at radius 3 is 2.68 bits per heavy atom. The van der Waals surface area contributed by atoms with Crippen molar-refractivity contribution in [2.24, 2.45) is 5.92 Å². The SMILES string of the molecule is CC(C)CCn1c2c(cc(C(=O)Cl)c1=O)CCCC2. The molecule has 3 nitrogen and oxygen atoms in total. The Kier molecular flexibility index (Phi) is 4.46. The van der Waals surface area contributed by atoms with Gasteiger partial charge in [-0.2, -0.15) is 0 Å². The highest BCUT2D eigenvalue weighted by atomic mass is 35.5. The third-order valence-electron chi connectivity index (χ3n) is 3.74. The number of aryl methyl sites for hydroxylation is 1. The van der Waals surface area contributed by atoms with Crippen molar-refractivity contribution in [3.8, 4) is 0 Å². The average molecular weight is 282 g/mol. The highest BCUT2D eigenvalue weighted by Crippen LogP contribution is 2.22. The Morgan fingerprint density at radius 2 is 2.05 bits per heavy atom. The monoisotopic (exact) mass is 281 g/mol. The van der Waals surface area contributed by atoms with Gasteiger partial charge in [0, 0.05) is 12.2 Å². The van der Waals surface area contributed by atoms with Crippen LogP contribution in [-0.4, -0.2) is 9.81 Å². The van der Waals surface area contributed by atoms with Gasteiger partial charge in [-0.3, -0.25) is 9.59 Å². The summed E-state index contributed by atoms with van der Waals surface area (Å²) in [6, 6.07) is 1.71. The Balaban J connectivity index is 2.50. The second-order valence-corrected chi connectivity index (χ2v) is 5.99. The number of nitrogens with zero attached hydrogens (tertiary/aromatic N) is 1. The van der Waals surface area contributed by atoms with Gasteiger partial charge in [0.05, 0.1) is 5.56 Å². The molecule has 1 aromatic heterocycles. The van der Waals surface area contributed by atoms with Gasteiger partial charge >= 0.3 is 0 Å². The van der Waals surface area contributed by atoms with Gasteiger partial charge in [0.2, 0.25) is 0 Å². The summed E-state index contributed by atoms with van der Waals surface area (Å²) in [5.41, 5.74) is 2.14. The van der Waals surface area contributed by atoms with E-state index in [2.05, 4.69) is 13.8 Å². The first-order valence-corrected chi connectivity index (χ1v) is 7.34. The summed E-state index contributed by atoms with van der Waals surface area (Å²) in [5.74, 6) is 0.529. The molecule has 0 saturated carbocycles. The van der Waals surface area contributed by atoms with Gasteiger partial charge in [-0.05, 0) is 61.3 Å². The van der Waals surface area contributed by atoms with Crippen LogP contribution in [0.1, 0.15) is 54.7 Å². The first-order valence-electron chi connectivity index (χ1n) is 6.96. The van der Waals surface area contributed by atoms with E-state index >= 15 is 0 Å². The number of carbonyl (C=O) groups is 1. The van der Waals surface area contributed by atoms with E-state index in [1.54, 1.807) is 10.6 Å². The zero-order chi connectivity index (χ0) is 14.0. The molecule has 1 aliphatic rings. The number of pyridine rings is 1. The maximum Gasteiger partial charge on any atom is 0.262 e. The van der Waals surface area contributed by atoms with E-state index in [0.29, 0.717) is 12.5 Å². The molecule has 2 rings (SSSR count). The molecule has 0 spiro atoms. The second-order valence-electron chi connectivity index (χ2n) is 5.65. The lowest BCUT2D eigenvalue weighted by Gasteiger charge is -2.22. The maximum atomic E-state index is 12.4. The van der Waals surface area contributed by atoms with Gasteiger partial charge in [0.25, 0.3) is 10.8 Å². The fraction of sp³-hybridized carbons (Fsp3) is 0.600. The minimum Gasteiger partial charge on any atom is -0.312 e. The second kappa shape index (κ2) is 5.91. The van der Waals surface area contributed by atoms with Gasteiger partial charge in [0.1, 0.15) is 0 Å². The molecule has 4 heteroatoms. The van der Waals surface area contributed by atoms with Crippen molar-refractivity contribution in [3.05, 3.63) is 33.2 Å². The Labute approximate surface area is 118 Å². The van der Waals surface area contributed by atoms with Gasteiger partial charge in [-0.25, -0.2) is 0 Å². The normalized spacial score (nSPS) is 14.5. The summed E-state index contributed by atoms with van der Waals surface area (Å²) < 4.78 is 1.78. The molecule has 0 unspecified atom stereocenters. The standard InChI is InChI=1S/C15H20ClNO2/c1-10(2)7-8-17-13-6-4-3-5-11(13)9-12(14(16)18)15(17)19/h9-10H,3-8H2,1-2H3. The lowest BCUT2D eigenvalue weighted by Crippen LogP contribution is -2.31. The molecule has 1 aromatic rings. The Hall–Kier alpha value is -1.09. The topological polar surface area (TPSA) is 39.1 Å². The lowest BCUT2D eigenvalue weighted by atomic mass is 9.94. The van der Waals surface area contributed by atoms with E-state index < -0.39 is 5.24 Å². The number of aromatic nitrogens is 1. The van der Waals surface area contributed by atoms with Crippen molar-refractivity contribution in [3.63, 3.8) is 0 Å². The number of carbonyl (C=O) groups excluding carboxylic acids is 1. The molecule has 0 atom stereocenters. The van der Waals surface area contributed by atoms with Gasteiger partial charge < -0.3 is 4.57 Å². The predicted octanol–water partition coefficient (Wildman–Crippen LogP) is 3.15. The molecule has 0 N–H and O–H groups in total. The summed E-state index contributed by atoms with van der Waals surface area (Å²) in [5, 5.41) is -0.642. The summed E-state index contributed by atoms with van der Waals surface area (Å²) in [6.45, 7) is 4.94. The van der Waals surface area contributed by atoms with Crippen LogP contribution in [0.5, 0.6) is 0 Å². The number of hydrogen-bond acceptors (Lipinski definition) is 2. The van der Waals surface area contributed by atoms with Crippen LogP contribution in [0.15, 0.2) is 10.9 Å². The van der Waals surface area contributed by atoms with E-state index in [4.69, 9.17) is 11.6 Å². The molecule has 0 saturated heterocycles. The van der Waals surface area contributed by atoms with Crippen LogP contribution < -0.4 is 5.56 Å². The van der Waals surface area contributed by atoms with Crippen molar-refractivity contribution in [2.75, 3.05) is 0 Å². The fourth-order valence-electron chi connectivity index (χ4n) is 2.65. The molecule has 0 aliphatic heterocycles. The van der Waals surface area contributed by atoms with Crippen LogP contribution in [-0.2, 0) is 19.4 Å². The smallest absolute Gasteiger partial charge is 0.262 e. The van der Waals surface area contributed by atoms with Crippen LogP contribution in [0.4, 0.5) is 0 Å².